The van der Waals surface area contributed by atoms with Crippen LogP contribution in [-0.4, -0.2) is 24.0 Å². The minimum absolute atomic E-state index is 0.00524. The van der Waals surface area contributed by atoms with Crippen molar-refractivity contribution in [2.75, 3.05) is 5.32 Å². The summed E-state index contributed by atoms with van der Waals surface area (Å²) in [5, 5.41) is 5.93. The topological polar surface area (TPSA) is 67.4 Å². The molecule has 5 heteroatoms. The Morgan fingerprint density at radius 3 is 2.33 bits per heavy atom. The van der Waals surface area contributed by atoms with Crippen molar-refractivity contribution >= 4 is 17.5 Å². The van der Waals surface area contributed by atoms with E-state index in [1.807, 2.05) is 32.0 Å². The van der Waals surface area contributed by atoms with Gasteiger partial charge in [0.15, 0.2) is 0 Å². The Bertz CT molecular complexity index is 811. The van der Waals surface area contributed by atoms with Gasteiger partial charge in [-0.2, -0.15) is 0 Å². The molecule has 2 N–H and O–H groups in total. The number of nitrogens with one attached hydrogen (secondary N) is 2. The van der Waals surface area contributed by atoms with E-state index in [2.05, 4.69) is 10.6 Å². The highest BCUT2D eigenvalue weighted by Crippen LogP contribution is 2.25. The zero-order valence-electron chi connectivity index (χ0n) is 15.8. The number of carbonyl (C=O) groups excluding carboxylic acids is 2. The number of para-hydroxylation sites is 2. The van der Waals surface area contributed by atoms with Gasteiger partial charge in [0.25, 0.3) is 11.8 Å². The molecule has 2 aromatic rings. The molecule has 3 rings (SSSR count). The zero-order chi connectivity index (χ0) is 19.2. The van der Waals surface area contributed by atoms with E-state index in [1.165, 1.54) is 0 Å². The molecule has 0 radical (unpaired) electrons. The third-order valence-corrected chi connectivity index (χ3v) is 4.58. The van der Waals surface area contributed by atoms with Crippen molar-refractivity contribution in [2.24, 2.45) is 0 Å². The summed E-state index contributed by atoms with van der Waals surface area (Å²) < 4.78 is 5.74. The Balaban J connectivity index is 1.71. The first-order valence-corrected chi connectivity index (χ1v) is 9.51. The van der Waals surface area contributed by atoms with E-state index in [0.717, 1.165) is 25.7 Å². The van der Waals surface area contributed by atoms with E-state index in [0.29, 0.717) is 22.6 Å². The summed E-state index contributed by atoms with van der Waals surface area (Å²) >= 11 is 0. The largest absolute Gasteiger partial charge is 0.489 e. The molecule has 5 nitrogen and oxygen atoms in total. The number of benzene rings is 2. The fourth-order valence-corrected chi connectivity index (χ4v) is 3.26. The van der Waals surface area contributed by atoms with Crippen molar-refractivity contribution in [3.05, 3.63) is 59.7 Å². The molecule has 0 saturated heterocycles. The number of rotatable bonds is 6. The van der Waals surface area contributed by atoms with Gasteiger partial charge < -0.3 is 15.4 Å². The van der Waals surface area contributed by atoms with E-state index in [1.54, 1.807) is 30.3 Å². The van der Waals surface area contributed by atoms with Gasteiger partial charge in [0.2, 0.25) is 0 Å². The third-order valence-electron chi connectivity index (χ3n) is 4.58. The highest BCUT2D eigenvalue weighted by atomic mass is 16.5. The maximum atomic E-state index is 12.7. The molecule has 0 unspecified atom stereocenters. The molecule has 0 atom stereocenters. The molecule has 0 aromatic heterocycles. The Morgan fingerprint density at radius 2 is 1.63 bits per heavy atom. The second-order valence-electron chi connectivity index (χ2n) is 7.15. The fraction of sp³-hybridized carbons (Fsp3) is 0.364. The number of carbonyl (C=O) groups is 2. The van der Waals surface area contributed by atoms with Crippen molar-refractivity contribution in [1.29, 1.82) is 0 Å². The fourth-order valence-electron chi connectivity index (χ4n) is 3.26. The van der Waals surface area contributed by atoms with Crippen LogP contribution in [0.15, 0.2) is 48.5 Å². The van der Waals surface area contributed by atoms with Gasteiger partial charge in [-0.05, 0) is 57.0 Å². The normalized spacial score (nSPS) is 14.2. The lowest BCUT2D eigenvalue weighted by Crippen LogP contribution is -2.32. The maximum absolute atomic E-state index is 12.7. The average molecular weight is 366 g/mol. The van der Waals surface area contributed by atoms with Gasteiger partial charge in [0.05, 0.1) is 11.8 Å². The van der Waals surface area contributed by atoms with Crippen molar-refractivity contribution in [1.82, 2.24) is 5.32 Å². The van der Waals surface area contributed by atoms with Crippen LogP contribution in [-0.2, 0) is 0 Å². The number of ether oxygens (including phenoxy) is 1. The summed E-state index contributed by atoms with van der Waals surface area (Å²) in [6.45, 7) is 3.87. The summed E-state index contributed by atoms with van der Waals surface area (Å²) in [5.41, 5.74) is 1.55. The molecule has 142 valence electrons. The van der Waals surface area contributed by atoms with E-state index in [4.69, 9.17) is 4.74 Å². The van der Waals surface area contributed by atoms with Crippen molar-refractivity contribution in [2.45, 2.75) is 51.7 Å². The minimum Gasteiger partial charge on any atom is -0.489 e. The summed E-state index contributed by atoms with van der Waals surface area (Å²) in [6.07, 6.45) is 4.37. The second-order valence-corrected chi connectivity index (χ2v) is 7.15. The van der Waals surface area contributed by atoms with Crippen LogP contribution in [0.4, 0.5) is 5.69 Å². The van der Waals surface area contributed by atoms with E-state index >= 15 is 0 Å². The van der Waals surface area contributed by atoms with Crippen LogP contribution in [0, 0.1) is 0 Å². The minimum atomic E-state index is -0.273. The molecule has 1 aliphatic rings. The quantitative estimate of drug-likeness (QED) is 0.796. The van der Waals surface area contributed by atoms with Gasteiger partial charge in [0, 0.05) is 17.2 Å². The van der Waals surface area contributed by atoms with Crippen LogP contribution < -0.4 is 15.4 Å². The van der Waals surface area contributed by atoms with Crippen LogP contribution in [0.25, 0.3) is 0 Å². The SMILES string of the molecule is CC(C)Oc1ccccc1NC(=O)c1cccc(C(=O)NC2CCCC2)c1. The van der Waals surface area contributed by atoms with Crippen LogP contribution in [0.1, 0.15) is 60.2 Å². The molecule has 2 aromatic carbocycles. The molecule has 0 aliphatic heterocycles. The number of hydrogen-bond donors (Lipinski definition) is 2. The van der Waals surface area contributed by atoms with Crippen LogP contribution >= 0.6 is 0 Å². The van der Waals surface area contributed by atoms with Gasteiger partial charge >= 0.3 is 0 Å². The number of anilines is 1. The molecule has 1 aliphatic carbocycles. The number of amides is 2. The van der Waals surface area contributed by atoms with Gasteiger partial charge in [-0.1, -0.05) is 31.0 Å². The molecular formula is C22H26N2O3. The van der Waals surface area contributed by atoms with E-state index in [-0.39, 0.29) is 24.0 Å². The lowest BCUT2D eigenvalue weighted by molar-refractivity contribution is 0.0938. The van der Waals surface area contributed by atoms with Crippen molar-refractivity contribution in [3.63, 3.8) is 0 Å². The second kappa shape index (κ2) is 8.71. The maximum Gasteiger partial charge on any atom is 0.255 e. The highest BCUT2D eigenvalue weighted by molar-refractivity contribution is 6.06. The third kappa shape index (κ3) is 5.09. The van der Waals surface area contributed by atoms with Crippen LogP contribution in [0.2, 0.25) is 0 Å². The van der Waals surface area contributed by atoms with Crippen molar-refractivity contribution < 1.29 is 14.3 Å². The predicted octanol–water partition coefficient (Wildman–Crippen LogP) is 4.40. The molecule has 2 amide bonds. The Labute approximate surface area is 160 Å². The lowest BCUT2D eigenvalue weighted by Gasteiger charge is -2.15. The number of hydrogen-bond acceptors (Lipinski definition) is 3. The first-order chi connectivity index (χ1) is 13.0. The summed E-state index contributed by atoms with van der Waals surface area (Å²) in [5.74, 6) is 0.224. The molecule has 27 heavy (non-hydrogen) atoms. The predicted molar refractivity (Wildman–Crippen MR) is 106 cm³/mol. The smallest absolute Gasteiger partial charge is 0.255 e. The highest BCUT2D eigenvalue weighted by Gasteiger charge is 2.19. The lowest BCUT2D eigenvalue weighted by atomic mass is 10.1. The summed E-state index contributed by atoms with van der Waals surface area (Å²) in [4.78, 5) is 25.1. The van der Waals surface area contributed by atoms with E-state index in [9.17, 15) is 9.59 Å². The molecule has 0 bridgehead atoms. The zero-order valence-corrected chi connectivity index (χ0v) is 15.8. The molecule has 1 saturated carbocycles. The molecule has 0 heterocycles. The van der Waals surface area contributed by atoms with Gasteiger partial charge in [-0.15, -0.1) is 0 Å². The molecule has 1 fully saturated rings. The van der Waals surface area contributed by atoms with Gasteiger partial charge in [0.1, 0.15) is 5.75 Å². The monoisotopic (exact) mass is 366 g/mol. The first kappa shape index (κ1) is 19.0. The summed E-state index contributed by atoms with van der Waals surface area (Å²) in [6, 6.07) is 14.4. The van der Waals surface area contributed by atoms with Crippen LogP contribution in [0.5, 0.6) is 5.75 Å². The van der Waals surface area contributed by atoms with Crippen molar-refractivity contribution in [3.8, 4) is 5.75 Å². The van der Waals surface area contributed by atoms with Gasteiger partial charge in [-0.25, -0.2) is 0 Å². The summed E-state index contributed by atoms with van der Waals surface area (Å²) in [7, 11) is 0. The Kier molecular flexibility index (Phi) is 6.12. The average Bonchev–Trinajstić information content (AvgIpc) is 3.16. The Hall–Kier alpha value is -2.82. The Morgan fingerprint density at radius 1 is 0.963 bits per heavy atom. The molecular weight excluding hydrogens is 340 g/mol. The molecule has 0 spiro atoms. The standard InChI is InChI=1S/C22H26N2O3/c1-15(2)27-20-13-6-5-12-19(20)24-22(26)17-9-7-8-16(14-17)21(25)23-18-10-3-4-11-18/h5-9,12-15,18H,3-4,10-11H2,1-2H3,(H,23,25)(H,24,26). The van der Waals surface area contributed by atoms with Crippen LogP contribution in [0.3, 0.4) is 0 Å². The van der Waals surface area contributed by atoms with Gasteiger partial charge in [-0.3, -0.25) is 9.59 Å². The van der Waals surface area contributed by atoms with E-state index < -0.39 is 0 Å². The first-order valence-electron chi connectivity index (χ1n) is 9.51.